The maximum absolute atomic E-state index is 13.5. The van der Waals surface area contributed by atoms with E-state index < -0.39 is 5.82 Å². The zero-order valence-corrected chi connectivity index (χ0v) is 9.79. The van der Waals surface area contributed by atoms with Gasteiger partial charge in [0, 0.05) is 6.54 Å². The number of oxazole rings is 1. The van der Waals surface area contributed by atoms with E-state index in [1.807, 2.05) is 0 Å². The lowest BCUT2D eigenvalue weighted by atomic mass is 10.3. The first-order chi connectivity index (χ1) is 8.20. The molecule has 2 aromatic rings. The molecule has 2 rings (SSSR count). The maximum atomic E-state index is 13.5. The van der Waals surface area contributed by atoms with Gasteiger partial charge in [-0.1, -0.05) is 17.7 Å². The number of nitrogens with one attached hydrogen (secondary N) is 1. The molecule has 0 amide bonds. The third kappa shape index (κ3) is 2.75. The Morgan fingerprint density at radius 3 is 3.12 bits per heavy atom. The second-order valence-corrected chi connectivity index (χ2v) is 3.70. The van der Waals surface area contributed by atoms with Gasteiger partial charge in [0.05, 0.1) is 10.7 Å². The molecule has 0 fully saturated rings. The van der Waals surface area contributed by atoms with Crippen LogP contribution >= 0.6 is 11.6 Å². The van der Waals surface area contributed by atoms with Crippen molar-refractivity contribution < 1.29 is 13.5 Å². The normalized spacial score (nSPS) is 10.5. The number of hydrogen-bond donors (Lipinski definition) is 1. The summed E-state index contributed by atoms with van der Waals surface area (Å²) >= 11 is 5.62. The zero-order chi connectivity index (χ0) is 12.3. The van der Waals surface area contributed by atoms with Crippen molar-refractivity contribution in [3.05, 3.63) is 41.0 Å². The monoisotopic (exact) mass is 256 g/mol. The molecular weight excluding hydrogens is 247 g/mol. The van der Waals surface area contributed by atoms with E-state index in [-0.39, 0.29) is 16.8 Å². The number of halogens is 2. The van der Waals surface area contributed by atoms with Gasteiger partial charge in [0.1, 0.15) is 6.26 Å². The summed E-state index contributed by atoms with van der Waals surface area (Å²) < 4.78 is 23.7. The second-order valence-electron chi connectivity index (χ2n) is 3.29. The fourth-order valence-corrected chi connectivity index (χ4v) is 1.42. The van der Waals surface area contributed by atoms with Crippen molar-refractivity contribution in [2.75, 3.05) is 7.05 Å². The largest absolute Gasteiger partial charge is 0.417 e. The molecule has 0 aliphatic heterocycles. The molecule has 4 nitrogen and oxygen atoms in total. The Morgan fingerprint density at radius 2 is 2.35 bits per heavy atom. The fourth-order valence-electron chi connectivity index (χ4n) is 1.25. The summed E-state index contributed by atoms with van der Waals surface area (Å²) in [5.74, 6) is -0.655. The molecule has 0 aliphatic carbocycles. The molecular formula is C11H10ClFN2O2. The van der Waals surface area contributed by atoms with Gasteiger partial charge in [-0.2, -0.15) is 4.98 Å². The molecule has 0 aliphatic rings. The van der Waals surface area contributed by atoms with Crippen LogP contribution in [0.4, 0.5) is 4.39 Å². The topological polar surface area (TPSA) is 47.3 Å². The number of hydrogen-bond acceptors (Lipinski definition) is 4. The van der Waals surface area contributed by atoms with Crippen LogP contribution in [0.2, 0.25) is 5.02 Å². The van der Waals surface area contributed by atoms with Crippen molar-refractivity contribution in [2.45, 2.75) is 6.54 Å². The molecule has 1 heterocycles. The first-order valence-electron chi connectivity index (χ1n) is 4.91. The van der Waals surface area contributed by atoms with Gasteiger partial charge in [0.15, 0.2) is 11.6 Å². The van der Waals surface area contributed by atoms with E-state index in [1.54, 1.807) is 13.1 Å². The van der Waals surface area contributed by atoms with Crippen LogP contribution in [0, 0.1) is 5.82 Å². The Labute approximate surface area is 102 Å². The van der Waals surface area contributed by atoms with E-state index >= 15 is 0 Å². The molecule has 0 saturated heterocycles. The molecule has 0 spiro atoms. The lowest BCUT2D eigenvalue weighted by molar-refractivity contribution is 0.318. The summed E-state index contributed by atoms with van der Waals surface area (Å²) in [4.78, 5) is 4.00. The summed E-state index contributed by atoms with van der Waals surface area (Å²) in [6, 6.07) is 4.47. The lowest BCUT2D eigenvalue weighted by Crippen LogP contribution is -2.04. The van der Waals surface area contributed by atoms with Gasteiger partial charge in [0.25, 0.3) is 0 Å². The molecule has 0 unspecified atom stereocenters. The maximum Gasteiger partial charge on any atom is 0.399 e. The van der Waals surface area contributed by atoms with Crippen molar-refractivity contribution in [1.82, 2.24) is 10.3 Å². The molecule has 0 saturated carbocycles. The standard InChI is InChI=1S/C11H10ClFN2O2/c1-14-5-7-6-16-11(15-7)17-9-4-2-3-8(12)10(9)13/h2-4,6,14H,5H2,1H3. The van der Waals surface area contributed by atoms with E-state index in [2.05, 4.69) is 10.3 Å². The van der Waals surface area contributed by atoms with Crippen LogP contribution < -0.4 is 10.1 Å². The van der Waals surface area contributed by atoms with Crippen LogP contribution in [0.3, 0.4) is 0 Å². The number of rotatable bonds is 4. The van der Waals surface area contributed by atoms with Crippen molar-refractivity contribution in [1.29, 1.82) is 0 Å². The van der Waals surface area contributed by atoms with E-state index in [0.29, 0.717) is 12.2 Å². The quantitative estimate of drug-likeness (QED) is 0.914. The Hall–Kier alpha value is -1.59. The molecule has 1 aromatic carbocycles. The average molecular weight is 257 g/mol. The van der Waals surface area contributed by atoms with Crippen molar-refractivity contribution >= 4 is 11.6 Å². The Morgan fingerprint density at radius 1 is 1.53 bits per heavy atom. The summed E-state index contributed by atoms with van der Waals surface area (Å²) in [5.41, 5.74) is 0.671. The molecule has 0 atom stereocenters. The van der Waals surface area contributed by atoms with Crippen LogP contribution in [0.1, 0.15) is 5.69 Å². The Balaban J connectivity index is 2.16. The molecule has 17 heavy (non-hydrogen) atoms. The minimum Gasteiger partial charge on any atom is -0.417 e. The van der Waals surface area contributed by atoms with Gasteiger partial charge in [-0.15, -0.1) is 0 Å². The first kappa shape index (κ1) is 11.9. The molecule has 6 heteroatoms. The van der Waals surface area contributed by atoms with Crippen molar-refractivity contribution in [3.63, 3.8) is 0 Å². The zero-order valence-electron chi connectivity index (χ0n) is 9.04. The number of benzene rings is 1. The van der Waals surface area contributed by atoms with Crippen LogP contribution in [0.25, 0.3) is 0 Å². The highest BCUT2D eigenvalue weighted by molar-refractivity contribution is 6.30. The van der Waals surface area contributed by atoms with E-state index in [1.165, 1.54) is 18.4 Å². The lowest BCUT2D eigenvalue weighted by Gasteiger charge is -2.02. The van der Waals surface area contributed by atoms with Crippen molar-refractivity contribution in [3.8, 4) is 11.8 Å². The number of ether oxygens (including phenoxy) is 1. The predicted molar refractivity (Wildman–Crippen MR) is 60.8 cm³/mol. The van der Waals surface area contributed by atoms with Crippen LogP contribution in [0.15, 0.2) is 28.9 Å². The molecule has 1 aromatic heterocycles. The highest BCUT2D eigenvalue weighted by atomic mass is 35.5. The molecule has 0 bridgehead atoms. The Bertz CT molecular complexity index is 516. The van der Waals surface area contributed by atoms with Crippen LogP contribution in [-0.2, 0) is 6.54 Å². The van der Waals surface area contributed by atoms with Gasteiger partial charge in [0.2, 0.25) is 0 Å². The molecule has 0 radical (unpaired) electrons. The SMILES string of the molecule is CNCc1coc(Oc2cccc(Cl)c2F)n1. The highest BCUT2D eigenvalue weighted by Gasteiger charge is 2.11. The minimum absolute atomic E-state index is 0.00972. The Kier molecular flexibility index (Phi) is 3.61. The summed E-state index contributed by atoms with van der Waals surface area (Å²) in [7, 11) is 1.78. The van der Waals surface area contributed by atoms with Crippen molar-refractivity contribution in [2.24, 2.45) is 0 Å². The van der Waals surface area contributed by atoms with Crippen LogP contribution in [0.5, 0.6) is 11.8 Å². The number of aromatic nitrogens is 1. The van der Waals surface area contributed by atoms with Gasteiger partial charge in [-0.05, 0) is 19.2 Å². The first-order valence-corrected chi connectivity index (χ1v) is 5.29. The highest BCUT2D eigenvalue weighted by Crippen LogP contribution is 2.28. The van der Waals surface area contributed by atoms with Crippen LogP contribution in [-0.4, -0.2) is 12.0 Å². The molecule has 90 valence electrons. The predicted octanol–water partition coefficient (Wildman–Crippen LogP) is 2.98. The summed E-state index contributed by atoms with van der Waals surface area (Å²) in [6.07, 6.45) is 1.42. The fraction of sp³-hybridized carbons (Fsp3) is 0.182. The second kappa shape index (κ2) is 5.16. The van der Waals surface area contributed by atoms with E-state index in [9.17, 15) is 4.39 Å². The smallest absolute Gasteiger partial charge is 0.399 e. The molecule has 1 N–H and O–H groups in total. The summed E-state index contributed by atoms with van der Waals surface area (Å²) in [5, 5.41) is 2.90. The van der Waals surface area contributed by atoms with Gasteiger partial charge < -0.3 is 14.5 Å². The van der Waals surface area contributed by atoms with Gasteiger partial charge >= 0.3 is 6.08 Å². The summed E-state index contributed by atoms with van der Waals surface area (Å²) in [6.45, 7) is 0.547. The minimum atomic E-state index is -0.637. The van der Waals surface area contributed by atoms with Gasteiger partial charge in [-0.25, -0.2) is 4.39 Å². The van der Waals surface area contributed by atoms with E-state index in [0.717, 1.165) is 0 Å². The van der Waals surface area contributed by atoms with E-state index in [4.69, 9.17) is 20.8 Å². The third-order valence-electron chi connectivity index (χ3n) is 2.00. The number of nitrogens with zero attached hydrogens (tertiary/aromatic N) is 1. The third-order valence-corrected chi connectivity index (χ3v) is 2.29. The van der Waals surface area contributed by atoms with Gasteiger partial charge in [-0.3, -0.25) is 0 Å². The average Bonchev–Trinajstić information content (AvgIpc) is 2.73.